The van der Waals surface area contributed by atoms with Crippen molar-refractivity contribution in [2.45, 2.75) is 4.90 Å². The molecule has 0 radical (unpaired) electrons. The van der Waals surface area contributed by atoms with E-state index in [9.17, 15) is 17.6 Å². The Morgan fingerprint density at radius 3 is 2.68 bits per heavy atom. The van der Waals surface area contributed by atoms with Gasteiger partial charge in [0.1, 0.15) is 5.82 Å². The van der Waals surface area contributed by atoms with E-state index in [1.54, 1.807) is 17.5 Å². The number of benzene rings is 2. The van der Waals surface area contributed by atoms with Gasteiger partial charge in [0, 0.05) is 17.9 Å². The summed E-state index contributed by atoms with van der Waals surface area (Å²) in [6.07, 6.45) is 0. The highest BCUT2D eigenvalue weighted by Gasteiger charge is 2.24. The van der Waals surface area contributed by atoms with E-state index in [1.165, 1.54) is 25.2 Å². The monoisotopic (exact) mass is 415 g/mol. The number of nitrogens with one attached hydrogen (secondary N) is 1. The van der Waals surface area contributed by atoms with Crippen molar-refractivity contribution in [1.82, 2.24) is 9.97 Å². The van der Waals surface area contributed by atoms with Gasteiger partial charge in [-0.25, -0.2) is 22.1 Å². The van der Waals surface area contributed by atoms with E-state index in [0.29, 0.717) is 16.8 Å². The molecule has 0 aliphatic carbocycles. The first-order valence-electron chi connectivity index (χ1n) is 8.19. The number of rotatable bonds is 4. The summed E-state index contributed by atoms with van der Waals surface area (Å²) in [5, 5.41) is 2.63. The molecule has 0 amide bonds. The quantitative estimate of drug-likeness (QED) is 0.552. The maximum absolute atomic E-state index is 13.4. The molecule has 2 heterocycles. The predicted molar refractivity (Wildman–Crippen MR) is 108 cm³/mol. The Labute approximate surface area is 164 Å². The molecule has 0 saturated heterocycles. The van der Waals surface area contributed by atoms with Crippen LogP contribution in [0.5, 0.6) is 0 Å². The van der Waals surface area contributed by atoms with Crippen LogP contribution < -0.4 is 9.86 Å². The summed E-state index contributed by atoms with van der Waals surface area (Å²) in [5.41, 5.74) is 1.11. The second-order valence-electron chi connectivity index (χ2n) is 6.04. The molecule has 6 nitrogen and oxygen atoms in total. The van der Waals surface area contributed by atoms with Crippen LogP contribution in [0, 0.1) is 5.82 Å². The first kappa shape index (κ1) is 18.3. The van der Waals surface area contributed by atoms with Crippen LogP contribution in [0.15, 0.2) is 69.7 Å². The fraction of sp³-hybridized carbons (Fsp3) is 0.0526. The van der Waals surface area contributed by atoms with Gasteiger partial charge < -0.3 is 4.98 Å². The molecular weight excluding hydrogens is 401 g/mol. The second kappa shape index (κ2) is 6.84. The molecule has 142 valence electrons. The van der Waals surface area contributed by atoms with Gasteiger partial charge in [-0.3, -0.25) is 4.79 Å². The summed E-state index contributed by atoms with van der Waals surface area (Å²) < 4.78 is 39.9. The molecule has 0 bridgehead atoms. The Hall–Kier alpha value is -3.04. The third kappa shape index (κ3) is 3.19. The summed E-state index contributed by atoms with van der Waals surface area (Å²) in [4.78, 5) is 19.3. The average molecular weight is 415 g/mol. The van der Waals surface area contributed by atoms with Crippen molar-refractivity contribution in [3.63, 3.8) is 0 Å². The molecule has 0 fully saturated rings. The topological polar surface area (TPSA) is 83.1 Å². The first-order chi connectivity index (χ1) is 13.4. The SMILES string of the molecule is CN(c1nc(-c2cc3ccccc3[nH]c2=O)cs1)S(=O)(=O)c1cccc(F)c1. The highest BCUT2D eigenvalue weighted by Crippen LogP contribution is 2.29. The number of H-pyrrole nitrogens is 1. The molecule has 4 aromatic rings. The van der Waals surface area contributed by atoms with Crippen LogP contribution in [0.1, 0.15) is 0 Å². The molecule has 0 saturated carbocycles. The first-order valence-corrected chi connectivity index (χ1v) is 10.5. The predicted octanol–water partition coefficient (Wildman–Crippen LogP) is 3.62. The number of aromatic amines is 1. The molecule has 1 N–H and O–H groups in total. The zero-order chi connectivity index (χ0) is 19.9. The van der Waals surface area contributed by atoms with E-state index in [1.807, 2.05) is 18.2 Å². The number of aromatic nitrogens is 2. The number of anilines is 1. The molecule has 0 atom stereocenters. The van der Waals surface area contributed by atoms with Crippen molar-refractivity contribution in [3.05, 3.63) is 76.1 Å². The van der Waals surface area contributed by atoms with Crippen molar-refractivity contribution in [2.75, 3.05) is 11.4 Å². The van der Waals surface area contributed by atoms with Crippen molar-refractivity contribution in [1.29, 1.82) is 0 Å². The number of fused-ring (bicyclic) bond motifs is 1. The van der Waals surface area contributed by atoms with Crippen molar-refractivity contribution < 1.29 is 12.8 Å². The van der Waals surface area contributed by atoms with E-state index in [2.05, 4.69) is 9.97 Å². The van der Waals surface area contributed by atoms with Crippen LogP contribution in [0.25, 0.3) is 22.2 Å². The third-order valence-electron chi connectivity index (χ3n) is 4.25. The van der Waals surface area contributed by atoms with Crippen LogP contribution in [0.2, 0.25) is 0 Å². The number of pyridine rings is 1. The van der Waals surface area contributed by atoms with Gasteiger partial charge in [-0.2, -0.15) is 0 Å². The molecular formula is C19H14FN3O3S2. The van der Waals surface area contributed by atoms with Crippen molar-refractivity contribution >= 4 is 37.4 Å². The largest absolute Gasteiger partial charge is 0.321 e. The molecule has 28 heavy (non-hydrogen) atoms. The summed E-state index contributed by atoms with van der Waals surface area (Å²) in [7, 11) is -2.63. The summed E-state index contributed by atoms with van der Waals surface area (Å²) in [6, 6.07) is 13.8. The zero-order valence-electron chi connectivity index (χ0n) is 14.6. The summed E-state index contributed by atoms with van der Waals surface area (Å²) in [5.74, 6) is -0.642. The minimum Gasteiger partial charge on any atom is -0.321 e. The number of sulfonamides is 1. The van der Waals surface area contributed by atoms with Gasteiger partial charge in [0.05, 0.1) is 16.2 Å². The second-order valence-corrected chi connectivity index (χ2v) is 8.85. The van der Waals surface area contributed by atoms with E-state index in [4.69, 9.17) is 0 Å². The van der Waals surface area contributed by atoms with E-state index < -0.39 is 15.8 Å². The minimum absolute atomic E-state index is 0.171. The highest BCUT2D eigenvalue weighted by molar-refractivity contribution is 7.93. The average Bonchev–Trinajstić information content (AvgIpc) is 3.16. The van der Waals surface area contributed by atoms with Gasteiger partial charge in [0.15, 0.2) is 5.13 Å². The van der Waals surface area contributed by atoms with Crippen molar-refractivity contribution in [3.8, 4) is 11.3 Å². The van der Waals surface area contributed by atoms with Gasteiger partial charge in [0.25, 0.3) is 15.6 Å². The fourth-order valence-corrected chi connectivity index (χ4v) is 4.95. The Balaban J connectivity index is 1.73. The van der Waals surface area contributed by atoms with Crippen LogP contribution in [-0.2, 0) is 10.0 Å². The molecule has 9 heteroatoms. The summed E-state index contributed by atoms with van der Waals surface area (Å²) >= 11 is 1.08. The maximum Gasteiger partial charge on any atom is 0.265 e. The Morgan fingerprint density at radius 1 is 1.11 bits per heavy atom. The van der Waals surface area contributed by atoms with Gasteiger partial charge >= 0.3 is 0 Å². The van der Waals surface area contributed by atoms with Gasteiger partial charge in [-0.1, -0.05) is 24.3 Å². The van der Waals surface area contributed by atoms with Crippen LogP contribution >= 0.6 is 11.3 Å². The molecule has 2 aromatic carbocycles. The lowest BCUT2D eigenvalue weighted by molar-refractivity contribution is 0.589. The summed E-state index contributed by atoms with van der Waals surface area (Å²) in [6.45, 7) is 0. The van der Waals surface area contributed by atoms with Gasteiger partial charge in [0.2, 0.25) is 0 Å². The Bertz CT molecular complexity index is 1350. The molecule has 0 aliphatic rings. The smallest absolute Gasteiger partial charge is 0.265 e. The minimum atomic E-state index is -3.97. The number of hydrogen-bond donors (Lipinski definition) is 1. The zero-order valence-corrected chi connectivity index (χ0v) is 16.2. The van der Waals surface area contributed by atoms with Crippen LogP contribution in [0.3, 0.4) is 0 Å². The number of thiazole rings is 1. The van der Waals surface area contributed by atoms with E-state index in [0.717, 1.165) is 27.1 Å². The van der Waals surface area contributed by atoms with Crippen molar-refractivity contribution in [2.24, 2.45) is 0 Å². The number of para-hydroxylation sites is 1. The molecule has 0 aliphatic heterocycles. The molecule has 4 rings (SSSR count). The number of nitrogens with zero attached hydrogens (tertiary/aromatic N) is 2. The standard InChI is InChI=1S/C19H14FN3O3S2/c1-23(28(25,26)14-7-4-6-13(20)10-14)19-22-17(11-27-19)15-9-12-5-2-3-8-16(12)21-18(15)24/h2-11H,1H3,(H,21,24). The fourth-order valence-electron chi connectivity index (χ4n) is 2.76. The normalized spacial score (nSPS) is 11.6. The Morgan fingerprint density at radius 2 is 1.89 bits per heavy atom. The Kier molecular flexibility index (Phi) is 4.48. The lowest BCUT2D eigenvalue weighted by Crippen LogP contribution is -2.26. The van der Waals surface area contributed by atoms with Crippen LogP contribution in [-0.4, -0.2) is 25.4 Å². The van der Waals surface area contributed by atoms with Gasteiger partial charge in [-0.15, -0.1) is 11.3 Å². The number of halogens is 1. The number of hydrogen-bond acceptors (Lipinski definition) is 5. The van der Waals surface area contributed by atoms with Gasteiger partial charge in [-0.05, 0) is 35.7 Å². The van der Waals surface area contributed by atoms with E-state index in [-0.39, 0.29) is 15.6 Å². The maximum atomic E-state index is 13.4. The molecule has 0 unspecified atom stereocenters. The highest BCUT2D eigenvalue weighted by atomic mass is 32.2. The molecule has 2 aromatic heterocycles. The lowest BCUT2D eigenvalue weighted by atomic mass is 10.1. The third-order valence-corrected chi connectivity index (χ3v) is 7.02. The lowest BCUT2D eigenvalue weighted by Gasteiger charge is -2.16. The van der Waals surface area contributed by atoms with Crippen LogP contribution in [0.4, 0.5) is 9.52 Å². The molecule has 0 spiro atoms. The van der Waals surface area contributed by atoms with E-state index >= 15 is 0 Å².